The number of aryl methyl sites for hydroxylation is 6. The van der Waals surface area contributed by atoms with Crippen LogP contribution in [0.15, 0.2) is 257 Å². The molecule has 145 heavy (non-hydrogen) atoms. The van der Waals surface area contributed by atoms with Crippen LogP contribution in [0.2, 0.25) is 0 Å². The summed E-state index contributed by atoms with van der Waals surface area (Å²) in [5.74, 6) is 2.82. The maximum absolute atomic E-state index is 14.9. The van der Waals surface area contributed by atoms with Gasteiger partial charge >= 0.3 is 0 Å². The van der Waals surface area contributed by atoms with E-state index in [0.717, 1.165) is 177 Å². The van der Waals surface area contributed by atoms with E-state index in [2.05, 4.69) is 178 Å². The topological polar surface area (TPSA) is 442 Å². The predicted octanol–water partition coefficient (Wildman–Crippen LogP) is 20.0. The van der Waals surface area contributed by atoms with Crippen molar-refractivity contribution in [1.29, 1.82) is 0 Å². The highest BCUT2D eigenvalue weighted by molar-refractivity contribution is 5.92. The highest BCUT2D eigenvalue weighted by Gasteiger charge is 2.35. The lowest BCUT2D eigenvalue weighted by Gasteiger charge is -2.24. The maximum atomic E-state index is 14.9. The average Bonchev–Trinajstić information content (AvgIpc) is 1.74. The van der Waals surface area contributed by atoms with Gasteiger partial charge in [0.2, 0.25) is 0 Å². The van der Waals surface area contributed by atoms with E-state index < -0.39 is 5.82 Å². The number of rotatable bonds is 22. The molecule has 5 atom stereocenters. The Bertz CT molecular complexity index is 8380. The van der Waals surface area contributed by atoms with E-state index in [4.69, 9.17) is 0 Å². The molecule has 25 rings (SSSR count). The molecule has 0 bridgehead atoms. The molecule has 0 spiro atoms. The Hall–Kier alpha value is -17.7. The summed E-state index contributed by atoms with van der Waals surface area (Å²) in [7, 11) is 0. The zero-order valence-corrected chi connectivity index (χ0v) is 81.6. The molecule has 0 saturated heterocycles. The summed E-state index contributed by atoms with van der Waals surface area (Å²) in [6, 6.07) is 54.6. The molecule has 15 heterocycles. The van der Waals surface area contributed by atoms with Crippen molar-refractivity contribution in [3.8, 4) is 11.4 Å². The van der Waals surface area contributed by atoms with Crippen molar-refractivity contribution < 1.29 is 4.39 Å². The minimum Gasteiger partial charge on any atom is -0.360 e. The number of H-pyrrole nitrogens is 5. The largest absolute Gasteiger partial charge is 0.360 e. The average molecular weight is 1930 g/mol. The van der Waals surface area contributed by atoms with Gasteiger partial charge in [0.05, 0.1) is 100 Å². The number of hydrogen-bond donors (Lipinski definition) is 10. The smallest absolute Gasteiger partial charge is 0.263 e. The first-order chi connectivity index (χ1) is 70.6. The van der Waals surface area contributed by atoms with Crippen LogP contribution in [-0.4, -0.2) is 123 Å². The molecule has 3 aliphatic carbocycles. The number of para-hydroxylation sites is 2. The highest BCUT2D eigenvalue weighted by Crippen LogP contribution is 2.42. The van der Waals surface area contributed by atoms with Crippen LogP contribution in [0.25, 0.3) is 121 Å². The van der Waals surface area contributed by atoms with E-state index in [0.29, 0.717) is 98.5 Å². The van der Waals surface area contributed by atoms with E-state index in [1.165, 1.54) is 42.3 Å². The lowest BCUT2D eigenvalue weighted by molar-refractivity contribution is 0.606. The molecule has 0 amide bonds. The zero-order valence-electron chi connectivity index (χ0n) is 81.6. The van der Waals surface area contributed by atoms with Crippen LogP contribution in [0.5, 0.6) is 0 Å². The van der Waals surface area contributed by atoms with Crippen LogP contribution in [0.3, 0.4) is 0 Å². The Labute approximate surface area is 827 Å². The summed E-state index contributed by atoms with van der Waals surface area (Å²) in [4.78, 5) is 146. The third-order valence-corrected chi connectivity index (χ3v) is 27.4. The second-order valence-corrected chi connectivity index (χ2v) is 37.2. The Morgan fingerprint density at radius 1 is 0.297 bits per heavy atom. The standard InChI is InChI=1S/C25H24N6O.C24H21FN6O.3C20H20N6O/c1-4-18(30-24-22-23(27-13-26-22)28-14-29-24)20-12-17-10-7-9-16(3)21(17)25(32)31(20)19-11-6-5-8-15(19)2;1-3-17(30-23-21-22(27-12-26-21)28-13-29-23)19-11-15-8-6-7-14(2)20(15)24(32)31(19)18-10-5-4-9-16(18)25;3*1-11-4-3-5-13-8-15(26(14-6-7-14)20(27)16(11)13)12(2)25-19-17-18(22-9-21-17)23-10-24-19/h5-14,18H,4H2,1-3H3,(H2,26,27,28,29,30);4-13,17H,3H2,1-2H3,(H2,26,27,28,29,30);3*3-5,8-10,12,14H,6-7H2,1-2H3,(H2,21,22,23,24,25)/t;;2*12-;/m..10./s1. The van der Waals surface area contributed by atoms with Crippen LogP contribution in [0, 0.1) is 47.4 Å². The molecule has 3 aliphatic rings. The fraction of sp³-hybridized carbons (Fsp3) is 0.248. The summed E-state index contributed by atoms with van der Waals surface area (Å²) in [5, 5.41) is 25.7. The molecule has 3 unspecified atom stereocenters. The summed E-state index contributed by atoms with van der Waals surface area (Å²) in [6.07, 6.45) is 23.1. The fourth-order valence-electron chi connectivity index (χ4n) is 19.7. The quantitative estimate of drug-likeness (QED) is 0.0301. The van der Waals surface area contributed by atoms with Gasteiger partial charge in [0, 0.05) is 46.6 Å². The van der Waals surface area contributed by atoms with Gasteiger partial charge in [-0.05, 0) is 223 Å². The van der Waals surface area contributed by atoms with Gasteiger partial charge in [-0.1, -0.05) is 135 Å². The number of nitrogens with zero attached hydrogens (tertiary/aromatic N) is 20. The lowest BCUT2D eigenvalue weighted by atomic mass is 10.0. The van der Waals surface area contributed by atoms with Gasteiger partial charge in [-0.3, -0.25) is 33.1 Å². The lowest BCUT2D eigenvalue weighted by Crippen LogP contribution is -2.27. The molecular weight excluding hydrogens is 1830 g/mol. The normalized spacial score (nSPS) is 14.0. The first-order valence-electron chi connectivity index (χ1n) is 48.6. The minimum absolute atomic E-state index is 0.0143. The number of aromatic nitrogens is 25. The fourth-order valence-corrected chi connectivity index (χ4v) is 19.7. The van der Waals surface area contributed by atoms with Crippen LogP contribution in [-0.2, 0) is 0 Å². The SMILES string of the molecule is CCC(Nc1ncnc2nc[nH]c12)c1cc2cccc(C)c2c(=O)n1-c1ccccc1C.CCC(Nc1ncnc2nc[nH]c12)c1cc2cccc(C)c2c(=O)n1-c1ccccc1F.Cc1cccc2cc(C(C)Nc3ncnc4nc[nH]c34)n(C3CC3)c(=O)c12.Cc1cccc2cc([C@@H](C)Nc3ncnc4nc[nH]c34)n(C3CC3)c(=O)c12.Cc1cccc2cc([C@H](C)Nc3ncnc4nc[nH]c34)n(C3CC3)c(=O)c12. The van der Waals surface area contributed by atoms with Gasteiger partial charge in [-0.2, -0.15) is 0 Å². The predicted molar refractivity (Wildman–Crippen MR) is 565 cm³/mol. The zero-order chi connectivity index (χ0) is 100. The summed E-state index contributed by atoms with van der Waals surface area (Å²) in [6.45, 7) is 22.2. The van der Waals surface area contributed by atoms with Crippen LogP contribution >= 0.6 is 0 Å². The summed E-state index contributed by atoms with van der Waals surface area (Å²) in [5.41, 5.74) is 18.2. The molecule has 10 N–H and O–H groups in total. The van der Waals surface area contributed by atoms with Gasteiger partial charge in [0.15, 0.2) is 57.3 Å². The number of benzene rings is 7. The van der Waals surface area contributed by atoms with Crippen molar-refractivity contribution in [1.82, 2.24) is 123 Å². The van der Waals surface area contributed by atoms with Crippen LogP contribution in [0.4, 0.5) is 33.5 Å². The van der Waals surface area contributed by atoms with Crippen molar-refractivity contribution in [3.05, 3.63) is 353 Å². The van der Waals surface area contributed by atoms with E-state index in [1.54, 1.807) is 49.8 Å². The molecule has 0 radical (unpaired) electrons. The number of hydrogen-bond acceptors (Lipinski definition) is 25. The van der Waals surface area contributed by atoms with Gasteiger partial charge < -0.3 is 65.2 Å². The minimum atomic E-state index is -0.461. The van der Waals surface area contributed by atoms with Gasteiger partial charge in [0.25, 0.3) is 27.8 Å². The molecule has 728 valence electrons. The first kappa shape index (κ1) is 93.6. The van der Waals surface area contributed by atoms with Gasteiger partial charge in [-0.15, -0.1) is 0 Å². The van der Waals surface area contributed by atoms with Crippen molar-refractivity contribution in [3.63, 3.8) is 0 Å². The molecular formula is C109H105FN30O5. The molecule has 22 aromatic rings. The molecule has 7 aromatic carbocycles. The summed E-state index contributed by atoms with van der Waals surface area (Å²) >= 11 is 0. The number of imidazole rings is 5. The van der Waals surface area contributed by atoms with Crippen LogP contribution < -0.4 is 54.4 Å². The summed E-state index contributed by atoms with van der Waals surface area (Å²) < 4.78 is 24.1. The van der Waals surface area contributed by atoms with Crippen molar-refractivity contribution in [2.45, 2.75) is 176 Å². The first-order valence-corrected chi connectivity index (χ1v) is 48.6. The number of anilines is 5. The highest BCUT2D eigenvalue weighted by atomic mass is 19.1. The Morgan fingerprint density at radius 3 is 0.821 bits per heavy atom. The third kappa shape index (κ3) is 18.2. The van der Waals surface area contributed by atoms with Gasteiger partial charge in [0.1, 0.15) is 65.0 Å². The molecule has 0 aliphatic heterocycles. The number of halogens is 1. The molecule has 15 aromatic heterocycles. The third-order valence-electron chi connectivity index (χ3n) is 27.4. The van der Waals surface area contributed by atoms with Gasteiger partial charge in [-0.25, -0.2) is 79.2 Å². The van der Waals surface area contributed by atoms with E-state index in [1.807, 2.05) is 188 Å². The number of pyridine rings is 5. The monoisotopic (exact) mass is 1930 g/mol. The van der Waals surface area contributed by atoms with Crippen molar-refractivity contribution in [2.75, 3.05) is 26.6 Å². The Kier molecular flexibility index (Phi) is 25.4. The van der Waals surface area contributed by atoms with Crippen molar-refractivity contribution >= 4 is 139 Å². The molecule has 35 nitrogen and oxygen atoms in total. The Morgan fingerprint density at radius 2 is 0.545 bits per heavy atom. The second kappa shape index (κ2) is 39.4. The molecule has 3 fully saturated rings. The molecule has 3 saturated carbocycles. The number of aromatic amines is 5. The maximum Gasteiger partial charge on any atom is 0.263 e. The number of nitrogens with one attached hydrogen (secondary N) is 10. The molecule has 36 heteroatoms. The van der Waals surface area contributed by atoms with E-state index in [9.17, 15) is 28.4 Å². The van der Waals surface area contributed by atoms with Crippen molar-refractivity contribution in [2.24, 2.45) is 0 Å². The van der Waals surface area contributed by atoms with E-state index >= 15 is 0 Å². The Balaban J connectivity index is 0.000000107. The number of fused-ring (bicyclic) bond motifs is 10. The second-order valence-electron chi connectivity index (χ2n) is 37.2. The van der Waals surface area contributed by atoms with E-state index in [-0.39, 0.29) is 63.7 Å². The van der Waals surface area contributed by atoms with Crippen LogP contribution in [0.1, 0.15) is 196 Å².